The number of hydrogen-bond donors (Lipinski definition) is 0. The lowest BCUT2D eigenvalue weighted by Crippen LogP contribution is -2.39. The summed E-state index contributed by atoms with van der Waals surface area (Å²) < 4.78 is 33.1. The Kier molecular flexibility index (Phi) is 5.80. The molecule has 2 nitrogen and oxygen atoms in total. The highest BCUT2D eigenvalue weighted by Gasteiger charge is 2.32. The Morgan fingerprint density at radius 3 is 2.35 bits per heavy atom. The van der Waals surface area contributed by atoms with Gasteiger partial charge in [-0.25, -0.2) is 8.78 Å². The molecule has 1 heterocycles. The predicted molar refractivity (Wildman–Crippen MR) is 102 cm³/mol. The molecule has 3 rings (SSSR count). The van der Waals surface area contributed by atoms with Gasteiger partial charge in [-0.2, -0.15) is 0 Å². The molecule has 2 aromatic rings. The van der Waals surface area contributed by atoms with Gasteiger partial charge in [0, 0.05) is 37.0 Å². The molecule has 1 aliphatic rings. The van der Waals surface area contributed by atoms with E-state index in [0.29, 0.717) is 16.9 Å². The first-order valence-corrected chi connectivity index (χ1v) is 9.52. The molecule has 0 spiro atoms. The molecule has 0 aliphatic carbocycles. The van der Waals surface area contributed by atoms with Crippen LogP contribution in [0.1, 0.15) is 46.0 Å². The summed E-state index contributed by atoms with van der Waals surface area (Å²) in [4.78, 5) is 2.23. The first kappa shape index (κ1) is 18.7. The highest BCUT2D eigenvalue weighted by molar-refractivity contribution is 5.52. The molecule has 140 valence electrons. The Bertz CT molecular complexity index is 739. The minimum absolute atomic E-state index is 0.338. The van der Waals surface area contributed by atoms with E-state index in [0.717, 1.165) is 31.6 Å². The number of nitrogens with zero attached hydrogens (tertiary/aromatic N) is 1. The Morgan fingerprint density at radius 2 is 1.69 bits per heavy atom. The summed E-state index contributed by atoms with van der Waals surface area (Å²) in [5.41, 5.74) is 1.26. The van der Waals surface area contributed by atoms with E-state index in [1.807, 2.05) is 6.07 Å². The monoisotopic (exact) mass is 359 g/mol. The van der Waals surface area contributed by atoms with Gasteiger partial charge < -0.3 is 9.64 Å². The normalized spacial score (nSPS) is 16.5. The minimum atomic E-state index is -0.373. The van der Waals surface area contributed by atoms with Crippen LogP contribution in [-0.4, -0.2) is 13.1 Å². The molecule has 0 aromatic heterocycles. The van der Waals surface area contributed by atoms with Crippen LogP contribution in [0.2, 0.25) is 0 Å². The maximum Gasteiger partial charge on any atom is 0.132 e. The van der Waals surface area contributed by atoms with E-state index < -0.39 is 0 Å². The van der Waals surface area contributed by atoms with E-state index in [1.165, 1.54) is 37.5 Å². The number of piperidine rings is 1. The van der Waals surface area contributed by atoms with Crippen LogP contribution in [-0.2, 0) is 0 Å². The number of hydrogen-bond acceptors (Lipinski definition) is 2. The van der Waals surface area contributed by atoms with E-state index in [-0.39, 0.29) is 11.6 Å². The number of benzene rings is 2. The Balaban J connectivity index is 1.74. The summed E-state index contributed by atoms with van der Waals surface area (Å²) in [6.45, 7) is 6.37. The number of ether oxygens (including phenoxy) is 1. The van der Waals surface area contributed by atoms with E-state index in [1.54, 1.807) is 18.2 Å². The van der Waals surface area contributed by atoms with E-state index in [9.17, 15) is 8.78 Å². The van der Waals surface area contributed by atoms with Gasteiger partial charge in [0.05, 0.1) is 0 Å². The summed E-state index contributed by atoms with van der Waals surface area (Å²) >= 11 is 0. The lowest BCUT2D eigenvalue weighted by Gasteiger charge is -2.42. The fourth-order valence-corrected chi connectivity index (χ4v) is 4.01. The van der Waals surface area contributed by atoms with Crippen molar-refractivity contribution in [2.75, 3.05) is 18.0 Å². The molecule has 26 heavy (non-hydrogen) atoms. The molecule has 1 saturated heterocycles. The third-order valence-electron chi connectivity index (χ3n) is 5.61. The molecule has 0 saturated carbocycles. The zero-order valence-corrected chi connectivity index (χ0v) is 15.6. The van der Waals surface area contributed by atoms with Gasteiger partial charge in [0.25, 0.3) is 0 Å². The van der Waals surface area contributed by atoms with Crippen molar-refractivity contribution in [3.05, 3.63) is 54.1 Å². The maximum atomic E-state index is 14.1. The zero-order valence-electron chi connectivity index (χ0n) is 15.6. The van der Waals surface area contributed by atoms with Crippen LogP contribution >= 0.6 is 0 Å². The van der Waals surface area contributed by atoms with Gasteiger partial charge in [0.2, 0.25) is 0 Å². The summed E-state index contributed by atoms with van der Waals surface area (Å²) in [5.74, 6) is 0.0522. The fourth-order valence-electron chi connectivity index (χ4n) is 4.01. The smallest absolute Gasteiger partial charge is 0.132 e. The van der Waals surface area contributed by atoms with Crippen molar-refractivity contribution in [2.45, 2.75) is 46.0 Å². The predicted octanol–water partition coefficient (Wildman–Crippen LogP) is 6.55. The van der Waals surface area contributed by atoms with Crippen molar-refractivity contribution < 1.29 is 13.5 Å². The van der Waals surface area contributed by atoms with Crippen LogP contribution in [0.3, 0.4) is 0 Å². The van der Waals surface area contributed by atoms with Gasteiger partial charge in [0.15, 0.2) is 0 Å². The van der Waals surface area contributed by atoms with Crippen LogP contribution in [0.4, 0.5) is 14.5 Å². The minimum Gasteiger partial charge on any atom is -0.457 e. The second-order valence-electron chi connectivity index (χ2n) is 7.30. The van der Waals surface area contributed by atoms with Gasteiger partial charge in [-0.05, 0) is 42.9 Å². The van der Waals surface area contributed by atoms with Gasteiger partial charge in [-0.3, -0.25) is 0 Å². The number of rotatable bonds is 6. The molecule has 0 unspecified atom stereocenters. The first-order valence-electron chi connectivity index (χ1n) is 9.52. The quantitative estimate of drug-likeness (QED) is 0.579. The van der Waals surface area contributed by atoms with E-state index >= 15 is 0 Å². The highest BCUT2D eigenvalue weighted by Crippen LogP contribution is 2.41. The number of halogens is 2. The summed E-state index contributed by atoms with van der Waals surface area (Å²) in [5, 5.41) is 0. The van der Waals surface area contributed by atoms with Crippen LogP contribution < -0.4 is 9.64 Å². The molecule has 0 N–H and O–H groups in total. The maximum absolute atomic E-state index is 14.1. The standard InChI is InChI=1S/C22H27F2NO/c1-3-8-22(4-2)9-11-25(12-10-22)19-13-18(24)15-21(16-19)26-20-7-5-6-17(23)14-20/h5-7,13-16H,3-4,8-12H2,1-2H3. The lowest BCUT2D eigenvalue weighted by atomic mass is 9.73. The van der Waals surface area contributed by atoms with E-state index in [4.69, 9.17) is 4.74 Å². The molecular weight excluding hydrogens is 332 g/mol. The molecule has 0 radical (unpaired) electrons. The van der Waals surface area contributed by atoms with Crippen molar-refractivity contribution in [1.29, 1.82) is 0 Å². The summed E-state index contributed by atoms with van der Waals surface area (Å²) in [7, 11) is 0. The molecule has 4 heteroatoms. The van der Waals surface area contributed by atoms with Crippen molar-refractivity contribution in [3.63, 3.8) is 0 Å². The second kappa shape index (κ2) is 8.07. The van der Waals surface area contributed by atoms with Crippen LogP contribution in [0.25, 0.3) is 0 Å². The highest BCUT2D eigenvalue weighted by atomic mass is 19.1. The van der Waals surface area contributed by atoms with Gasteiger partial charge in [-0.1, -0.05) is 32.8 Å². The summed E-state index contributed by atoms with van der Waals surface area (Å²) in [6.07, 6.45) is 5.93. The molecule has 0 amide bonds. The van der Waals surface area contributed by atoms with E-state index in [2.05, 4.69) is 18.7 Å². The second-order valence-corrected chi connectivity index (χ2v) is 7.30. The average Bonchev–Trinajstić information content (AvgIpc) is 2.62. The third-order valence-corrected chi connectivity index (χ3v) is 5.61. The molecule has 0 atom stereocenters. The molecular formula is C22H27F2NO. The Hall–Kier alpha value is -2.10. The molecule has 1 aliphatic heterocycles. The zero-order chi connectivity index (χ0) is 18.6. The topological polar surface area (TPSA) is 12.5 Å². The van der Waals surface area contributed by atoms with Crippen molar-refractivity contribution in [2.24, 2.45) is 5.41 Å². The van der Waals surface area contributed by atoms with Crippen molar-refractivity contribution in [3.8, 4) is 11.5 Å². The molecule has 1 fully saturated rings. The van der Waals surface area contributed by atoms with Crippen molar-refractivity contribution >= 4 is 5.69 Å². The van der Waals surface area contributed by atoms with Crippen molar-refractivity contribution in [1.82, 2.24) is 0 Å². The molecule has 2 aromatic carbocycles. The van der Waals surface area contributed by atoms with Crippen LogP contribution in [0.15, 0.2) is 42.5 Å². The first-order chi connectivity index (χ1) is 12.5. The Labute approximate surface area is 154 Å². The van der Waals surface area contributed by atoms with Crippen LogP contribution in [0, 0.1) is 17.0 Å². The van der Waals surface area contributed by atoms with Gasteiger partial charge in [-0.15, -0.1) is 0 Å². The molecule has 0 bridgehead atoms. The lowest BCUT2D eigenvalue weighted by molar-refractivity contribution is 0.188. The third kappa shape index (κ3) is 4.35. The largest absolute Gasteiger partial charge is 0.457 e. The summed E-state index contributed by atoms with van der Waals surface area (Å²) in [6, 6.07) is 10.6. The SMILES string of the molecule is CCCC1(CC)CCN(c2cc(F)cc(Oc3cccc(F)c3)c2)CC1. The Morgan fingerprint density at radius 1 is 0.962 bits per heavy atom. The van der Waals surface area contributed by atoms with Gasteiger partial charge >= 0.3 is 0 Å². The van der Waals surface area contributed by atoms with Crippen LogP contribution in [0.5, 0.6) is 11.5 Å². The fraction of sp³-hybridized carbons (Fsp3) is 0.455. The average molecular weight is 359 g/mol. The van der Waals surface area contributed by atoms with Gasteiger partial charge in [0.1, 0.15) is 23.1 Å². The number of anilines is 1.